The molecule has 0 atom stereocenters. The molecule has 3 heteroatoms. The first-order chi connectivity index (χ1) is 6.77. The third-order valence-corrected chi connectivity index (χ3v) is 2.03. The fourth-order valence-electron chi connectivity index (χ4n) is 0.972. The average molecular weight is 249 g/mol. The number of pyridine rings is 1. The maximum atomic E-state index is 8.67. The standard InChI is InChI=1S/C11H9BrN2/c1-9-6-10(4-2-3-5-12)8-14-11(9)7-13/h6,8H,3,5H2,1H3. The minimum absolute atomic E-state index is 0.469. The number of aromatic nitrogens is 1. The van der Waals surface area contributed by atoms with Crippen molar-refractivity contribution in [2.75, 3.05) is 5.33 Å². The van der Waals surface area contributed by atoms with Crippen LogP contribution in [-0.2, 0) is 0 Å². The van der Waals surface area contributed by atoms with Gasteiger partial charge in [0.1, 0.15) is 11.8 Å². The lowest BCUT2D eigenvalue weighted by molar-refractivity contribution is 1.20. The van der Waals surface area contributed by atoms with Crippen molar-refractivity contribution in [1.82, 2.24) is 4.98 Å². The van der Waals surface area contributed by atoms with Crippen molar-refractivity contribution in [2.24, 2.45) is 0 Å². The fourth-order valence-corrected chi connectivity index (χ4v) is 1.17. The average Bonchev–Trinajstić information content (AvgIpc) is 2.18. The van der Waals surface area contributed by atoms with Gasteiger partial charge in [-0.1, -0.05) is 27.8 Å². The molecule has 0 aromatic carbocycles. The number of rotatable bonds is 1. The molecule has 0 aliphatic carbocycles. The van der Waals surface area contributed by atoms with E-state index in [1.165, 1.54) is 0 Å². The first kappa shape index (κ1) is 10.8. The van der Waals surface area contributed by atoms with Crippen molar-refractivity contribution >= 4 is 15.9 Å². The molecule has 0 N–H and O–H groups in total. The molecule has 70 valence electrons. The number of hydrogen-bond acceptors (Lipinski definition) is 2. The molecule has 0 spiro atoms. The predicted octanol–water partition coefficient (Wildman–Crippen LogP) is 2.40. The van der Waals surface area contributed by atoms with Gasteiger partial charge >= 0.3 is 0 Å². The van der Waals surface area contributed by atoms with Gasteiger partial charge in [0.2, 0.25) is 0 Å². The molecule has 0 unspecified atom stereocenters. The molecule has 0 amide bonds. The van der Waals surface area contributed by atoms with Crippen molar-refractivity contribution < 1.29 is 0 Å². The molecule has 0 saturated carbocycles. The Labute approximate surface area is 92.1 Å². The maximum absolute atomic E-state index is 8.67. The molecule has 0 radical (unpaired) electrons. The van der Waals surface area contributed by atoms with Crippen molar-refractivity contribution in [1.29, 1.82) is 5.26 Å². The van der Waals surface area contributed by atoms with Gasteiger partial charge in [0.15, 0.2) is 0 Å². The van der Waals surface area contributed by atoms with Crippen LogP contribution in [0.4, 0.5) is 0 Å². The molecule has 14 heavy (non-hydrogen) atoms. The number of alkyl halides is 1. The lowest BCUT2D eigenvalue weighted by Gasteiger charge is -1.95. The Morgan fingerprint density at radius 2 is 2.36 bits per heavy atom. The molecule has 1 aromatic rings. The Hall–Kier alpha value is -1.32. The summed E-state index contributed by atoms with van der Waals surface area (Å²) in [6.45, 7) is 1.86. The van der Waals surface area contributed by atoms with Crippen LogP contribution in [0.3, 0.4) is 0 Å². The zero-order valence-corrected chi connectivity index (χ0v) is 9.43. The highest BCUT2D eigenvalue weighted by atomic mass is 79.9. The van der Waals surface area contributed by atoms with Gasteiger partial charge in [-0.15, -0.1) is 0 Å². The third kappa shape index (κ3) is 2.87. The molecule has 1 rings (SSSR count). The topological polar surface area (TPSA) is 36.7 Å². The van der Waals surface area contributed by atoms with Gasteiger partial charge in [-0.3, -0.25) is 0 Å². The van der Waals surface area contributed by atoms with Crippen molar-refractivity contribution in [2.45, 2.75) is 13.3 Å². The summed E-state index contributed by atoms with van der Waals surface area (Å²) < 4.78 is 0. The Bertz CT molecular complexity index is 421. The van der Waals surface area contributed by atoms with Crippen molar-refractivity contribution in [3.63, 3.8) is 0 Å². The van der Waals surface area contributed by atoms with Gasteiger partial charge in [0.25, 0.3) is 0 Å². The molecule has 1 aromatic heterocycles. The maximum Gasteiger partial charge on any atom is 0.143 e. The second-order valence-corrected chi connectivity index (χ2v) is 3.54. The van der Waals surface area contributed by atoms with E-state index in [0.29, 0.717) is 5.69 Å². The smallest absolute Gasteiger partial charge is 0.143 e. The van der Waals surface area contributed by atoms with Crippen LogP contribution in [-0.4, -0.2) is 10.3 Å². The van der Waals surface area contributed by atoms with Gasteiger partial charge in [0, 0.05) is 23.5 Å². The fraction of sp³-hybridized carbons (Fsp3) is 0.273. The highest BCUT2D eigenvalue weighted by Gasteiger charge is 1.97. The van der Waals surface area contributed by atoms with Crippen LogP contribution < -0.4 is 0 Å². The largest absolute Gasteiger partial charge is 0.244 e. The lowest BCUT2D eigenvalue weighted by atomic mass is 10.1. The molecule has 1 heterocycles. The monoisotopic (exact) mass is 248 g/mol. The zero-order valence-electron chi connectivity index (χ0n) is 7.84. The van der Waals surface area contributed by atoms with E-state index in [2.05, 4.69) is 32.8 Å². The number of halogens is 1. The Kier molecular flexibility index (Phi) is 4.16. The van der Waals surface area contributed by atoms with E-state index in [1.54, 1.807) is 6.20 Å². The second-order valence-electron chi connectivity index (χ2n) is 2.74. The van der Waals surface area contributed by atoms with Crippen molar-refractivity contribution in [3.05, 3.63) is 29.1 Å². The Balaban J connectivity index is 2.89. The van der Waals surface area contributed by atoms with E-state index in [9.17, 15) is 0 Å². The van der Waals surface area contributed by atoms with Crippen LogP contribution in [0.15, 0.2) is 12.3 Å². The second kappa shape index (κ2) is 5.42. The van der Waals surface area contributed by atoms with Crippen LogP contribution in [0, 0.1) is 30.1 Å². The van der Waals surface area contributed by atoms with Gasteiger partial charge in [-0.2, -0.15) is 5.26 Å². The minimum Gasteiger partial charge on any atom is -0.244 e. The predicted molar refractivity (Wildman–Crippen MR) is 59.0 cm³/mol. The van der Waals surface area contributed by atoms with E-state index < -0.39 is 0 Å². The van der Waals surface area contributed by atoms with Crippen molar-refractivity contribution in [3.8, 4) is 17.9 Å². The first-order valence-electron chi connectivity index (χ1n) is 4.19. The molecule has 0 aliphatic heterocycles. The van der Waals surface area contributed by atoms with Crippen LogP contribution in [0.1, 0.15) is 23.2 Å². The summed E-state index contributed by atoms with van der Waals surface area (Å²) in [4.78, 5) is 4.00. The quantitative estimate of drug-likeness (QED) is 0.566. The summed E-state index contributed by atoms with van der Waals surface area (Å²) in [5.74, 6) is 5.98. The summed E-state index contributed by atoms with van der Waals surface area (Å²) in [6.07, 6.45) is 2.45. The number of nitriles is 1. The summed E-state index contributed by atoms with van der Waals surface area (Å²) in [5, 5.41) is 9.55. The lowest BCUT2D eigenvalue weighted by Crippen LogP contribution is -1.89. The third-order valence-electron chi connectivity index (χ3n) is 1.64. The Morgan fingerprint density at radius 3 is 2.93 bits per heavy atom. The van der Waals surface area contributed by atoms with Gasteiger partial charge in [-0.05, 0) is 18.6 Å². The van der Waals surface area contributed by atoms with E-state index in [4.69, 9.17) is 5.26 Å². The van der Waals surface area contributed by atoms with Gasteiger partial charge in [-0.25, -0.2) is 4.98 Å². The summed E-state index contributed by atoms with van der Waals surface area (Å²) in [6, 6.07) is 3.90. The highest BCUT2D eigenvalue weighted by Crippen LogP contribution is 2.05. The van der Waals surface area contributed by atoms with E-state index in [-0.39, 0.29) is 0 Å². The van der Waals surface area contributed by atoms with E-state index in [1.807, 2.05) is 19.1 Å². The normalized spacial score (nSPS) is 8.64. The van der Waals surface area contributed by atoms with Crippen LogP contribution >= 0.6 is 15.9 Å². The highest BCUT2D eigenvalue weighted by molar-refractivity contribution is 9.09. The van der Waals surface area contributed by atoms with Crippen LogP contribution in [0.5, 0.6) is 0 Å². The molecule has 0 fully saturated rings. The molecule has 0 bridgehead atoms. The number of nitrogens with zero attached hydrogens (tertiary/aromatic N) is 2. The summed E-state index contributed by atoms with van der Waals surface area (Å²) in [7, 11) is 0. The minimum atomic E-state index is 0.469. The SMILES string of the molecule is Cc1cc(C#CCCBr)cnc1C#N. The zero-order chi connectivity index (χ0) is 10.4. The van der Waals surface area contributed by atoms with E-state index >= 15 is 0 Å². The van der Waals surface area contributed by atoms with Crippen LogP contribution in [0.25, 0.3) is 0 Å². The molecule has 0 saturated heterocycles. The van der Waals surface area contributed by atoms with Gasteiger partial charge in [0.05, 0.1) is 0 Å². The molecular formula is C11H9BrN2. The van der Waals surface area contributed by atoms with Crippen LogP contribution in [0.2, 0.25) is 0 Å². The summed E-state index contributed by atoms with van der Waals surface area (Å²) >= 11 is 3.30. The molecule has 2 nitrogen and oxygen atoms in total. The van der Waals surface area contributed by atoms with Gasteiger partial charge < -0.3 is 0 Å². The number of hydrogen-bond donors (Lipinski definition) is 0. The first-order valence-corrected chi connectivity index (χ1v) is 5.31. The number of aryl methyl sites for hydroxylation is 1. The molecular weight excluding hydrogens is 240 g/mol. The Morgan fingerprint density at radius 1 is 1.57 bits per heavy atom. The molecule has 0 aliphatic rings. The summed E-state index contributed by atoms with van der Waals surface area (Å²) in [5.41, 5.74) is 2.21. The van der Waals surface area contributed by atoms with E-state index in [0.717, 1.165) is 22.9 Å².